The van der Waals surface area contributed by atoms with Crippen molar-refractivity contribution in [1.29, 1.82) is 5.26 Å². The fourth-order valence-electron chi connectivity index (χ4n) is 3.99. The lowest BCUT2D eigenvalue weighted by Gasteiger charge is -2.27. The van der Waals surface area contributed by atoms with Crippen LogP contribution in [0.5, 0.6) is 17.2 Å². The maximum Gasteiger partial charge on any atom is 0.191 e. The largest absolute Gasteiger partial charge is 0.487 e. The summed E-state index contributed by atoms with van der Waals surface area (Å²) in [4.78, 5) is 0. The van der Waals surface area contributed by atoms with Crippen LogP contribution in [0.25, 0.3) is 11.1 Å². The third-order valence-electron chi connectivity index (χ3n) is 6.20. The number of benzene rings is 3. The monoisotopic (exact) mass is 563 g/mol. The van der Waals surface area contributed by atoms with Crippen LogP contribution in [0, 0.1) is 18.3 Å². The smallest absolute Gasteiger partial charge is 0.191 e. The van der Waals surface area contributed by atoms with Crippen LogP contribution in [0.4, 0.5) is 5.69 Å². The summed E-state index contributed by atoms with van der Waals surface area (Å²) in [6.07, 6.45) is 7.83. The van der Waals surface area contributed by atoms with Crippen molar-refractivity contribution in [2.75, 3.05) is 12.4 Å². The van der Waals surface area contributed by atoms with Gasteiger partial charge in [0.05, 0.1) is 16.7 Å². The first kappa shape index (κ1) is 28.5. The Morgan fingerprint density at radius 1 is 1.18 bits per heavy atom. The highest BCUT2D eigenvalue weighted by atomic mass is 35.5. The molecular weight excluding hydrogens is 532 g/mol. The minimum atomic E-state index is -0.829. The van der Waals surface area contributed by atoms with E-state index in [9.17, 15) is 10.5 Å². The summed E-state index contributed by atoms with van der Waals surface area (Å²) >= 11 is 10.5. The van der Waals surface area contributed by atoms with Gasteiger partial charge in [-0.15, -0.1) is 0 Å². The van der Waals surface area contributed by atoms with Gasteiger partial charge in [0.15, 0.2) is 11.6 Å². The van der Waals surface area contributed by atoms with E-state index in [-0.39, 0.29) is 6.10 Å². The van der Waals surface area contributed by atoms with Crippen molar-refractivity contribution < 1.29 is 18.8 Å². The number of halogens is 1. The minimum absolute atomic E-state index is 0.124. The number of rotatable bonds is 9. The number of allylic oxidation sites excluding steroid dienone is 1. The molecule has 0 radical (unpaired) electrons. The van der Waals surface area contributed by atoms with Gasteiger partial charge in [-0.3, -0.25) is 0 Å². The van der Waals surface area contributed by atoms with Gasteiger partial charge in [0, 0.05) is 17.8 Å². The zero-order valence-electron chi connectivity index (χ0n) is 22.2. The average Bonchev–Trinajstić information content (AvgIpc) is 2.86. The molecule has 202 valence electrons. The van der Waals surface area contributed by atoms with Gasteiger partial charge in [-0.1, -0.05) is 42.8 Å². The number of aryl methyl sites for hydroxylation is 1. The number of quaternary nitrogens is 1. The Bertz CT molecular complexity index is 1420. The van der Waals surface area contributed by atoms with Crippen LogP contribution in [0.15, 0.2) is 71.9 Å². The molecule has 1 saturated carbocycles. The molecule has 2 N–H and O–H groups in total. The van der Waals surface area contributed by atoms with Crippen molar-refractivity contribution in [2.45, 2.75) is 45.6 Å². The van der Waals surface area contributed by atoms with Crippen LogP contribution in [0.2, 0.25) is 5.02 Å². The van der Waals surface area contributed by atoms with Crippen LogP contribution >= 0.6 is 24.4 Å². The summed E-state index contributed by atoms with van der Waals surface area (Å²) in [5.41, 5.74) is 4.30. The van der Waals surface area contributed by atoms with E-state index in [4.69, 9.17) is 21.1 Å². The van der Waals surface area contributed by atoms with Gasteiger partial charge >= 0.3 is 0 Å². The Balaban J connectivity index is 1.48. The molecule has 39 heavy (non-hydrogen) atoms. The molecule has 7 nitrogen and oxygen atoms in total. The fraction of sp³-hybridized carbons (Fsp3) is 0.267. The number of nitrogens with zero attached hydrogens (tertiary/aromatic N) is 3. The van der Waals surface area contributed by atoms with Gasteiger partial charge in [-0.05, 0) is 88.9 Å². The molecular formula is C30H32ClN4O3S+. The number of ether oxygens (including phenoxy) is 2. The second-order valence-corrected chi connectivity index (χ2v) is 10.7. The van der Waals surface area contributed by atoms with E-state index in [1.165, 1.54) is 7.05 Å². The molecule has 0 bridgehead atoms. The van der Waals surface area contributed by atoms with Crippen LogP contribution < -0.4 is 14.8 Å². The second-order valence-electron chi connectivity index (χ2n) is 9.51. The van der Waals surface area contributed by atoms with E-state index in [1.54, 1.807) is 12.1 Å². The third kappa shape index (κ3) is 7.78. The predicted molar refractivity (Wildman–Crippen MR) is 159 cm³/mol. The highest BCUT2D eigenvalue weighted by Crippen LogP contribution is 2.38. The van der Waals surface area contributed by atoms with Crippen LogP contribution in [-0.2, 0) is 0 Å². The zero-order valence-corrected chi connectivity index (χ0v) is 23.8. The minimum Gasteiger partial charge on any atom is -0.487 e. The molecule has 0 amide bonds. The average molecular weight is 564 g/mol. The quantitative estimate of drug-likeness (QED) is 0.0801. The fourth-order valence-corrected chi connectivity index (χ4v) is 4.34. The Morgan fingerprint density at radius 3 is 2.49 bits per heavy atom. The van der Waals surface area contributed by atoms with E-state index in [0.717, 1.165) is 48.1 Å². The van der Waals surface area contributed by atoms with Gasteiger partial charge in [0.2, 0.25) is 0 Å². The standard InChI is InChI=1S/C30H32ClN4O3S/c1-4-5-9-29(34-35(3,36)39)33-28-15-12-22(16-20(28)2)21-10-13-25(14-11-21)37-26-17-23(19-32)30(27(31)18-26)38-24-7-6-8-24/h5,9-18,24,36,39H,4,6-8H2,1-3H3,(H,33,34)/q+1/b9-5+. The molecule has 9 heteroatoms. The highest BCUT2D eigenvalue weighted by molar-refractivity contribution is 7.74. The molecule has 4 rings (SSSR count). The van der Waals surface area contributed by atoms with E-state index >= 15 is 0 Å². The number of hydroxylamine groups is 1. The lowest BCUT2D eigenvalue weighted by molar-refractivity contribution is -0.979. The molecule has 1 atom stereocenters. The number of thiol groups is 1. The summed E-state index contributed by atoms with van der Waals surface area (Å²) in [6.45, 7) is 4.03. The first-order valence-electron chi connectivity index (χ1n) is 12.8. The number of amidine groups is 1. The summed E-state index contributed by atoms with van der Waals surface area (Å²) in [5, 5.41) is 27.4. The molecule has 1 aliphatic carbocycles. The molecule has 1 unspecified atom stereocenters. The molecule has 1 aliphatic rings. The van der Waals surface area contributed by atoms with Crippen molar-refractivity contribution in [2.24, 2.45) is 5.10 Å². The molecule has 0 heterocycles. The highest BCUT2D eigenvalue weighted by Gasteiger charge is 2.23. The van der Waals surface area contributed by atoms with Crippen molar-refractivity contribution in [3.05, 3.63) is 82.9 Å². The van der Waals surface area contributed by atoms with E-state index in [1.807, 2.05) is 62.4 Å². The van der Waals surface area contributed by atoms with E-state index < -0.39 is 4.16 Å². The number of hydrogen-bond acceptors (Lipinski definition) is 6. The Labute approximate surface area is 240 Å². The Morgan fingerprint density at radius 2 is 1.90 bits per heavy atom. The summed E-state index contributed by atoms with van der Waals surface area (Å²) in [6, 6.07) is 19.3. The zero-order chi connectivity index (χ0) is 28.0. The summed E-state index contributed by atoms with van der Waals surface area (Å²) in [7, 11) is 1.45. The van der Waals surface area contributed by atoms with E-state index in [2.05, 4.69) is 35.4 Å². The SMILES string of the molecule is CC/C=C/C(=N\[N+](C)(O)S)Nc1ccc(-c2ccc(Oc3cc(Cl)c(OC4CCC4)c(C#N)c3)cc2)cc1C. The van der Waals surface area contributed by atoms with Gasteiger partial charge < -0.3 is 14.8 Å². The van der Waals surface area contributed by atoms with E-state index in [0.29, 0.717) is 33.7 Å². The van der Waals surface area contributed by atoms with Crippen molar-refractivity contribution in [1.82, 2.24) is 0 Å². The van der Waals surface area contributed by atoms with Gasteiger partial charge in [-0.25, -0.2) is 0 Å². The Hall–Kier alpha value is -3.48. The molecule has 3 aromatic rings. The predicted octanol–water partition coefficient (Wildman–Crippen LogP) is 8.28. The number of hydrogen-bond donors (Lipinski definition) is 3. The van der Waals surface area contributed by atoms with Crippen molar-refractivity contribution in [3.8, 4) is 34.4 Å². The van der Waals surface area contributed by atoms with Gasteiger partial charge in [0.1, 0.15) is 37.4 Å². The van der Waals surface area contributed by atoms with Crippen molar-refractivity contribution >= 4 is 35.9 Å². The normalized spacial score (nSPS) is 15.4. The molecule has 3 aromatic carbocycles. The maximum atomic E-state index is 9.94. The number of anilines is 1. The van der Waals surface area contributed by atoms with Crippen LogP contribution in [0.1, 0.15) is 43.7 Å². The summed E-state index contributed by atoms with van der Waals surface area (Å²) in [5.74, 6) is 2.03. The summed E-state index contributed by atoms with van der Waals surface area (Å²) < 4.78 is 11.1. The van der Waals surface area contributed by atoms with Crippen LogP contribution in [-0.4, -0.2) is 28.4 Å². The molecule has 0 aliphatic heterocycles. The topological polar surface area (TPSA) is 86.9 Å². The van der Waals surface area contributed by atoms with Gasteiger partial charge in [-0.2, -0.15) is 10.5 Å². The Kier molecular flexibility index (Phi) is 9.20. The molecule has 0 spiro atoms. The van der Waals surface area contributed by atoms with Crippen molar-refractivity contribution in [3.63, 3.8) is 0 Å². The molecule has 0 aromatic heterocycles. The van der Waals surface area contributed by atoms with Gasteiger partial charge in [0.25, 0.3) is 0 Å². The molecule has 1 fully saturated rings. The lowest BCUT2D eigenvalue weighted by Crippen LogP contribution is -2.26. The first-order valence-corrected chi connectivity index (χ1v) is 13.6. The van der Waals surface area contributed by atoms with Crippen LogP contribution in [0.3, 0.4) is 0 Å². The first-order chi connectivity index (χ1) is 18.6. The lowest BCUT2D eigenvalue weighted by atomic mass is 9.96. The maximum absolute atomic E-state index is 9.94. The molecule has 0 saturated heterocycles. The number of nitriles is 1. The number of nitrogens with one attached hydrogen (secondary N) is 1. The third-order valence-corrected chi connectivity index (χ3v) is 6.57. The second kappa shape index (κ2) is 12.6.